The number of nitrogens with zero attached hydrogens (tertiary/aromatic N) is 1. The van der Waals surface area contributed by atoms with Crippen LogP contribution in [0.3, 0.4) is 0 Å². The summed E-state index contributed by atoms with van der Waals surface area (Å²) in [5, 5.41) is 9.02. The van der Waals surface area contributed by atoms with Crippen molar-refractivity contribution in [2.75, 3.05) is 11.4 Å². The minimum Gasteiger partial charge on any atom is -0.478 e. The monoisotopic (exact) mass is 343 g/mol. The molecule has 0 radical (unpaired) electrons. The average Bonchev–Trinajstić information content (AvgIpc) is 2.66. The van der Waals surface area contributed by atoms with Gasteiger partial charge in [0.05, 0.1) is 15.7 Å². The first-order chi connectivity index (χ1) is 9.56. The van der Waals surface area contributed by atoms with Gasteiger partial charge in [-0.2, -0.15) is 0 Å². The molecule has 1 aliphatic rings. The predicted octanol–water partition coefficient (Wildman–Crippen LogP) is 4.45. The molecule has 1 aliphatic heterocycles. The summed E-state index contributed by atoms with van der Waals surface area (Å²) >= 11 is 3.08. The van der Waals surface area contributed by atoms with Gasteiger partial charge in [-0.05, 0) is 47.3 Å². The lowest BCUT2D eigenvalue weighted by Gasteiger charge is -2.32. The molecule has 0 aromatic heterocycles. The first-order valence-corrected chi connectivity index (χ1v) is 7.83. The molecule has 3 nitrogen and oxygen atoms in total. The summed E-state index contributed by atoms with van der Waals surface area (Å²) in [6.07, 6.45) is 5.42. The average molecular weight is 344 g/mol. The van der Waals surface area contributed by atoms with Gasteiger partial charge >= 0.3 is 5.97 Å². The summed E-state index contributed by atoms with van der Waals surface area (Å²) in [5.74, 6) is -1.59. The topological polar surface area (TPSA) is 40.5 Å². The van der Waals surface area contributed by atoms with Crippen molar-refractivity contribution in [3.8, 4) is 0 Å². The molecule has 0 spiro atoms. The van der Waals surface area contributed by atoms with E-state index in [4.69, 9.17) is 5.11 Å². The molecule has 1 heterocycles. The summed E-state index contributed by atoms with van der Waals surface area (Å²) < 4.78 is 14.5. The Bertz CT molecular complexity index is 507. The van der Waals surface area contributed by atoms with E-state index < -0.39 is 11.8 Å². The summed E-state index contributed by atoms with van der Waals surface area (Å²) in [5.41, 5.74) is 0.477. The lowest BCUT2D eigenvalue weighted by atomic mass is 10.1. The fraction of sp³-hybridized carbons (Fsp3) is 0.533. The normalized spacial score (nSPS) is 19.8. The van der Waals surface area contributed by atoms with Crippen LogP contribution in [0.25, 0.3) is 0 Å². The Morgan fingerprint density at radius 2 is 2.20 bits per heavy atom. The molecule has 0 bridgehead atoms. The number of hydrogen-bond donors (Lipinski definition) is 1. The molecular weight excluding hydrogens is 325 g/mol. The lowest BCUT2D eigenvalue weighted by Crippen LogP contribution is -2.35. The number of hydrogen-bond acceptors (Lipinski definition) is 2. The number of carboxylic acid groups (broad SMARTS) is 1. The SMILES string of the molecule is CCC1CCCCCN1c1ccc(C(=O)O)c(Br)c1F. The van der Waals surface area contributed by atoms with Gasteiger partial charge < -0.3 is 10.0 Å². The van der Waals surface area contributed by atoms with Crippen LogP contribution in [-0.4, -0.2) is 23.7 Å². The number of rotatable bonds is 3. The van der Waals surface area contributed by atoms with Crippen molar-refractivity contribution in [2.45, 2.75) is 45.1 Å². The van der Waals surface area contributed by atoms with E-state index in [-0.39, 0.29) is 10.0 Å². The summed E-state index contributed by atoms with van der Waals surface area (Å²) in [6.45, 7) is 2.94. The van der Waals surface area contributed by atoms with Crippen molar-refractivity contribution >= 4 is 27.6 Å². The van der Waals surface area contributed by atoms with E-state index in [0.717, 1.165) is 25.8 Å². The minimum atomic E-state index is -1.12. The molecular formula is C15H19BrFNO2. The first-order valence-electron chi connectivity index (χ1n) is 7.04. The molecule has 2 rings (SSSR count). The van der Waals surface area contributed by atoms with Crippen LogP contribution in [-0.2, 0) is 0 Å². The molecule has 0 aliphatic carbocycles. The molecule has 1 fully saturated rings. The van der Waals surface area contributed by atoms with E-state index in [1.165, 1.54) is 18.9 Å². The maximum Gasteiger partial charge on any atom is 0.336 e. The number of aromatic carboxylic acids is 1. The van der Waals surface area contributed by atoms with Crippen LogP contribution in [0.2, 0.25) is 0 Å². The van der Waals surface area contributed by atoms with Crippen molar-refractivity contribution in [2.24, 2.45) is 0 Å². The molecule has 1 aromatic carbocycles. The second-order valence-corrected chi connectivity index (χ2v) is 5.96. The molecule has 1 saturated heterocycles. The van der Waals surface area contributed by atoms with Gasteiger partial charge in [0.2, 0.25) is 0 Å². The number of carboxylic acids is 1. The molecule has 1 unspecified atom stereocenters. The van der Waals surface area contributed by atoms with E-state index >= 15 is 0 Å². The van der Waals surface area contributed by atoms with Gasteiger partial charge in [0, 0.05) is 12.6 Å². The van der Waals surface area contributed by atoms with Crippen molar-refractivity contribution in [1.82, 2.24) is 0 Å². The van der Waals surface area contributed by atoms with Crippen molar-refractivity contribution in [3.05, 3.63) is 28.0 Å². The van der Waals surface area contributed by atoms with E-state index in [1.54, 1.807) is 6.07 Å². The highest BCUT2D eigenvalue weighted by Crippen LogP contribution is 2.33. The minimum absolute atomic E-state index is 0.0332. The zero-order valence-electron chi connectivity index (χ0n) is 11.5. The highest BCUT2D eigenvalue weighted by Gasteiger charge is 2.25. The van der Waals surface area contributed by atoms with Crippen molar-refractivity contribution in [1.29, 1.82) is 0 Å². The van der Waals surface area contributed by atoms with Crippen LogP contribution in [0, 0.1) is 5.82 Å². The summed E-state index contributed by atoms with van der Waals surface area (Å²) in [7, 11) is 0. The molecule has 0 saturated carbocycles. The Kier molecular flexibility index (Phi) is 5.02. The van der Waals surface area contributed by atoms with E-state index in [9.17, 15) is 9.18 Å². The smallest absolute Gasteiger partial charge is 0.336 e. The fourth-order valence-electron chi connectivity index (χ4n) is 2.85. The maximum absolute atomic E-state index is 14.5. The molecule has 1 N–H and O–H groups in total. The third-order valence-electron chi connectivity index (χ3n) is 3.95. The molecule has 1 atom stereocenters. The van der Waals surface area contributed by atoms with Gasteiger partial charge in [-0.25, -0.2) is 9.18 Å². The number of benzene rings is 1. The van der Waals surface area contributed by atoms with Crippen LogP contribution >= 0.6 is 15.9 Å². The first kappa shape index (κ1) is 15.3. The third-order valence-corrected chi connectivity index (χ3v) is 4.73. The second-order valence-electron chi connectivity index (χ2n) is 5.17. The number of anilines is 1. The second kappa shape index (κ2) is 6.57. The van der Waals surface area contributed by atoms with Crippen LogP contribution in [0.4, 0.5) is 10.1 Å². The number of halogens is 2. The van der Waals surface area contributed by atoms with Gasteiger partial charge in [0.25, 0.3) is 0 Å². The summed E-state index contributed by atoms with van der Waals surface area (Å²) in [4.78, 5) is 13.1. The standard InChI is InChI=1S/C15H19BrFNO2/c1-2-10-6-4-3-5-9-18(10)12-8-7-11(15(19)20)13(16)14(12)17/h7-8,10H,2-6,9H2,1H3,(H,19,20). The van der Waals surface area contributed by atoms with Gasteiger partial charge in [-0.3, -0.25) is 0 Å². The zero-order chi connectivity index (χ0) is 14.7. The van der Waals surface area contributed by atoms with E-state index in [0.29, 0.717) is 11.7 Å². The third kappa shape index (κ3) is 2.97. The predicted molar refractivity (Wildman–Crippen MR) is 81.0 cm³/mol. The van der Waals surface area contributed by atoms with Crippen LogP contribution in [0.15, 0.2) is 16.6 Å². The zero-order valence-corrected chi connectivity index (χ0v) is 13.1. The Labute approximate surface area is 126 Å². The molecule has 1 aromatic rings. The van der Waals surface area contributed by atoms with Crippen LogP contribution < -0.4 is 4.90 Å². The molecule has 20 heavy (non-hydrogen) atoms. The van der Waals surface area contributed by atoms with Crippen molar-refractivity contribution in [3.63, 3.8) is 0 Å². The fourth-order valence-corrected chi connectivity index (χ4v) is 3.35. The molecule has 110 valence electrons. The Hall–Kier alpha value is -1.10. The number of carbonyl (C=O) groups is 1. The van der Waals surface area contributed by atoms with Gasteiger partial charge in [0.15, 0.2) is 5.82 Å². The van der Waals surface area contributed by atoms with Crippen LogP contribution in [0.1, 0.15) is 49.4 Å². The Morgan fingerprint density at radius 3 is 2.85 bits per heavy atom. The molecule has 5 heteroatoms. The molecule has 0 amide bonds. The highest BCUT2D eigenvalue weighted by atomic mass is 79.9. The summed E-state index contributed by atoms with van der Waals surface area (Å²) in [6, 6.07) is 3.40. The van der Waals surface area contributed by atoms with Gasteiger partial charge in [-0.1, -0.05) is 19.8 Å². The van der Waals surface area contributed by atoms with Gasteiger partial charge in [0.1, 0.15) is 0 Å². The maximum atomic E-state index is 14.5. The largest absolute Gasteiger partial charge is 0.478 e. The Morgan fingerprint density at radius 1 is 1.45 bits per heavy atom. The quantitative estimate of drug-likeness (QED) is 0.881. The van der Waals surface area contributed by atoms with E-state index in [1.807, 2.05) is 0 Å². The van der Waals surface area contributed by atoms with Crippen LogP contribution in [0.5, 0.6) is 0 Å². The lowest BCUT2D eigenvalue weighted by molar-refractivity contribution is 0.0695. The van der Waals surface area contributed by atoms with E-state index in [2.05, 4.69) is 27.8 Å². The Balaban J connectivity index is 2.40. The van der Waals surface area contributed by atoms with Gasteiger partial charge in [-0.15, -0.1) is 0 Å². The highest BCUT2D eigenvalue weighted by molar-refractivity contribution is 9.10. The van der Waals surface area contributed by atoms with Crippen molar-refractivity contribution < 1.29 is 14.3 Å².